The van der Waals surface area contributed by atoms with E-state index in [1.807, 2.05) is 22.6 Å². The summed E-state index contributed by atoms with van der Waals surface area (Å²) in [6.45, 7) is 5.51. The summed E-state index contributed by atoms with van der Waals surface area (Å²) in [5.41, 5.74) is -2.07. The van der Waals surface area contributed by atoms with E-state index in [-0.39, 0.29) is 23.8 Å². The van der Waals surface area contributed by atoms with Gasteiger partial charge in [0, 0.05) is 37.7 Å². The molecule has 184 valence electrons. The Labute approximate surface area is 209 Å². The van der Waals surface area contributed by atoms with E-state index in [1.54, 1.807) is 12.1 Å². The van der Waals surface area contributed by atoms with Crippen LogP contribution in [-0.2, 0) is 38.1 Å². The minimum absolute atomic E-state index is 0.0634. The lowest BCUT2D eigenvalue weighted by Crippen LogP contribution is -2.61. The molecule has 0 amide bonds. The molecule has 0 saturated heterocycles. The second-order valence-corrected chi connectivity index (χ2v) is 8.78. The third-order valence-electron chi connectivity index (χ3n) is 4.21. The van der Waals surface area contributed by atoms with Crippen molar-refractivity contribution >= 4 is 58.1 Å². The second-order valence-electron chi connectivity index (χ2n) is 7.13. The average molecular weight is 601 g/mol. The van der Waals surface area contributed by atoms with E-state index < -0.39 is 48.0 Å². The number of esters is 4. The Morgan fingerprint density at radius 1 is 1.03 bits per heavy atom. The third kappa shape index (κ3) is 9.33. The lowest BCUT2D eigenvalue weighted by Gasteiger charge is -2.41. The van der Waals surface area contributed by atoms with Crippen molar-refractivity contribution in [3.63, 3.8) is 0 Å². The maximum absolute atomic E-state index is 11.9. The van der Waals surface area contributed by atoms with Crippen molar-refractivity contribution in [1.82, 2.24) is 0 Å². The molecule has 0 saturated carbocycles. The van der Waals surface area contributed by atoms with Crippen molar-refractivity contribution in [2.45, 2.75) is 65.1 Å². The fourth-order valence-corrected chi connectivity index (χ4v) is 3.81. The highest BCUT2D eigenvalue weighted by Gasteiger charge is 2.53. The summed E-state index contributed by atoms with van der Waals surface area (Å²) in [4.78, 5) is 46.7. The van der Waals surface area contributed by atoms with Gasteiger partial charge >= 0.3 is 23.9 Å². The van der Waals surface area contributed by atoms with E-state index in [2.05, 4.69) is 0 Å². The zero-order chi connectivity index (χ0) is 25.3. The highest BCUT2D eigenvalue weighted by Crippen LogP contribution is 2.33. The van der Waals surface area contributed by atoms with E-state index >= 15 is 0 Å². The van der Waals surface area contributed by atoms with Crippen LogP contribution in [0, 0.1) is 3.57 Å². The summed E-state index contributed by atoms with van der Waals surface area (Å²) in [5, 5.41) is 11.1. The lowest BCUT2D eigenvalue weighted by molar-refractivity contribution is -0.248. The number of hydrogen-bond acceptors (Lipinski definition) is 10. The van der Waals surface area contributed by atoms with Crippen molar-refractivity contribution < 1.29 is 48.0 Å². The first-order valence-electron chi connectivity index (χ1n) is 9.73. The van der Waals surface area contributed by atoms with Crippen LogP contribution in [0.1, 0.15) is 41.0 Å². The molecule has 0 aliphatic heterocycles. The second kappa shape index (κ2) is 12.9. The van der Waals surface area contributed by atoms with Gasteiger partial charge < -0.3 is 28.8 Å². The van der Waals surface area contributed by atoms with Crippen molar-refractivity contribution in [2.24, 2.45) is 0 Å². The molecule has 1 aromatic rings. The highest BCUT2D eigenvalue weighted by molar-refractivity contribution is 14.1. The monoisotopic (exact) mass is 600 g/mol. The molecule has 33 heavy (non-hydrogen) atoms. The minimum Gasteiger partial charge on any atom is -0.466 e. The maximum atomic E-state index is 11.9. The molecule has 0 heterocycles. The van der Waals surface area contributed by atoms with Crippen LogP contribution in [-0.4, -0.2) is 59.7 Å². The fraction of sp³-hybridized carbons (Fsp3) is 0.524. The van der Waals surface area contributed by atoms with Crippen LogP contribution in [0.25, 0.3) is 0 Å². The van der Waals surface area contributed by atoms with Crippen LogP contribution in [0.5, 0.6) is 5.75 Å². The number of carbonyl (C=O) groups excluding carboxylic acids is 4. The Morgan fingerprint density at radius 3 is 2.12 bits per heavy atom. The largest absolute Gasteiger partial charge is 0.466 e. The van der Waals surface area contributed by atoms with Crippen LogP contribution >= 0.6 is 34.2 Å². The molecule has 10 nitrogen and oxygen atoms in total. The van der Waals surface area contributed by atoms with Crippen molar-refractivity contribution in [1.29, 1.82) is 0 Å². The Kier molecular flexibility index (Phi) is 11.3. The Balaban J connectivity index is 3.42. The normalized spacial score (nSPS) is 15.3. The average Bonchev–Trinajstić information content (AvgIpc) is 2.66. The predicted molar refractivity (Wildman–Crippen MR) is 123 cm³/mol. The zero-order valence-electron chi connectivity index (χ0n) is 18.8. The van der Waals surface area contributed by atoms with Gasteiger partial charge in [0.1, 0.15) is 11.9 Å². The molecule has 4 atom stereocenters. The van der Waals surface area contributed by atoms with Crippen LogP contribution in [0.15, 0.2) is 18.2 Å². The van der Waals surface area contributed by atoms with Gasteiger partial charge in [-0.2, -0.15) is 0 Å². The molecular formula is C21H26ClIO10. The van der Waals surface area contributed by atoms with Gasteiger partial charge in [0.15, 0.2) is 6.10 Å². The quantitative estimate of drug-likeness (QED) is 0.175. The Morgan fingerprint density at radius 2 is 1.64 bits per heavy atom. The fourth-order valence-electron chi connectivity index (χ4n) is 2.91. The number of aliphatic hydroxyl groups excluding tert-OH is 1. The third-order valence-corrected chi connectivity index (χ3v) is 5.17. The molecule has 0 aliphatic carbocycles. The topological polar surface area (TPSA) is 135 Å². The van der Waals surface area contributed by atoms with Gasteiger partial charge in [-0.1, -0.05) is 11.6 Å². The number of aliphatic hydroxyl groups is 1. The summed E-state index contributed by atoms with van der Waals surface area (Å²) in [5.74, 6) is -2.93. The van der Waals surface area contributed by atoms with Gasteiger partial charge in [-0.05, 0) is 47.7 Å². The first-order chi connectivity index (χ1) is 15.3. The molecule has 0 spiro atoms. The summed E-state index contributed by atoms with van der Waals surface area (Å²) < 4.78 is 27.2. The van der Waals surface area contributed by atoms with Crippen LogP contribution in [0.2, 0.25) is 5.02 Å². The zero-order valence-corrected chi connectivity index (χ0v) is 21.7. The molecule has 12 heteroatoms. The molecule has 1 rings (SSSR count). The smallest absolute Gasteiger partial charge is 0.303 e. The SMILES string of the molecule is CC(=O)OCC[C@@H](OC(C)=O)C(OC(C)=O)C(C)(OC(C)=O)[C@H](O)Oc1ccc(I)cc1Cl. The van der Waals surface area contributed by atoms with E-state index in [9.17, 15) is 24.3 Å². The first-order valence-corrected chi connectivity index (χ1v) is 11.2. The maximum Gasteiger partial charge on any atom is 0.303 e. The van der Waals surface area contributed by atoms with Crippen LogP contribution < -0.4 is 4.74 Å². The molecule has 0 aliphatic rings. The summed E-state index contributed by atoms with van der Waals surface area (Å²) in [6, 6.07) is 4.74. The minimum atomic E-state index is -2.07. The van der Waals surface area contributed by atoms with Crippen molar-refractivity contribution in [2.75, 3.05) is 6.61 Å². The lowest BCUT2D eigenvalue weighted by atomic mass is 9.91. The number of benzene rings is 1. The number of carbonyl (C=O) groups is 4. The number of hydrogen-bond donors (Lipinski definition) is 1. The van der Waals surface area contributed by atoms with E-state index in [1.165, 1.54) is 19.9 Å². The highest BCUT2D eigenvalue weighted by atomic mass is 127. The van der Waals surface area contributed by atoms with Gasteiger partial charge in [0.25, 0.3) is 0 Å². The molecule has 0 aromatic heterocycles. The van der Waals surface area contributed by atoms with E-state index in [0.29, 0.717) is 0 Å². The molecular weight excluding hydrogens is 575 g/mol. The standard InChI is InChI=1S/C21H26ClIO10/c1-11(24)29-9-8-18(30-12(2)25)19(31-13(3)26)21(5,33-14(4)27)20(28)32-17-7-6-15(23)10-16(17)22/h6-7,10,18-20,28H,8-9H2,1-5H3/t18-,19?,20-,21?/m1/s1. The summed E-state index contributed by atoms with van der Waals surface area (Å²) >= 11 is 8.21. The van der Waals surface area contributed by atoms with Gasteiger partial charge in [0.05, 0.1) is 11.6 Å². The van der Waals surface area contributed by atoms with E-state index in [4.69, 9.17) is 35.3 Å². The molecule has 0 bridgehead atoms. The Hall–Kier alpha value is -2.12. The first kappa shape index (κ1) is 28.9. The molecule has 1 aromatic carbocycles. The Bertz CT molecular complexity index is 877. The van der Waals surface area contributed by atoms with E-state index in [0.717, 1.165) is 24.3 Å². The predicted octanol–water partition coefficient (Wildman–Crippen LogP) is 2.78. The van der Waals surface area contributed by atoms with Gasteiger partial charge in [-0.3, -0.25) is 19.2 Å². The van der Waals surface area contributed by atoms with Crippen LogP contribution in [0.4, 0.5) is 0 Å². The van der Waals surface area contributed by atoms with Crippen molar-refractivity contribution in [3.05, 3.63) is 26.8 Å². The summed E-state index contributed by atoms with van der Waals surface area (Å²) in [6.07, 6.45) is -4.88. The van der Waals surface area contributed by atoms with Crippen molar-refractivity contribution in [3.8, 4) is 5.75 Å². The molecule has 0 fully saturated rings. The number of halogens is 2. The van der Waals surface area contributed by atoms with Crippen LogP contribution in [0.3, 0.4) is 0 Å². The molecule has 0 radical (unpaired) electrons. The summed E-state index contributed by atoms with van der Waals surface area (Å²) in [7, 11) is 0. The number of rotatable bonds is 11. The van der Waals surface area contributed by atoms with Gasteiger partial charge in [-0.15, -0.1) is 0 Å². The number of ether oxygens (including phenoxy) is 5. The molecule has 2 unspecified atom stereocenters. The molecule has 1 N–H and O–H groups in total. The van der Waals surface area contributed by atoms with Gasteiger partial charge in [0.2, 0.25) is 11.9 Å². The van der Waals surface area contributed by atoms with Gasteiger partial charge in [-0.25, -0.2) is 0 Å².